The molecule has 0 aliphatic heterocycles. The number of fused-ring (bicyclic) bond motifs is 6. The number of rotatable bonds is 7. The highest BCUT2D eigenvalue weighted by Gasteiger charge is 2.36. The van der Waals surface area contributed by atoms with Gasteiger partial charge in [-0.15, -0.1) is 11.3 Å². The zero-order chi connectivity index (χ0) is 39.9. The number of thiophene rings is 1. The van der Waals surface area contributed by atoms with E-state index >= 15 is 0 Å². The van der Waals surface area contributed by atoms with E-state index in [0.29, 0.717) is 22.3 Å². The number of benzene rings is 6. The monoisotopic (exact) mass is 775 g/mol. The second kappa shape index (κ2) is 13.6. The van der Waals surface area contributed by atoms with Crippen molar-refractivity contribution in [2.24, 2.45) is 0 Å². The van der Waals surface area contributed by atoms with Gasteiger partial charge in [0.05, 0.1) is 11.1 Å². The number of hydrogen-bond acceptors (Lipinski definition) is 6. The number of hydrogen-bond donors (Lipinski definition) is 0. The number of aryl methyl sites for hydroxylation is 1. The first-order chi connectivity index (χ1) is 28.1. The van der Waals surface area contributed by atoms with Crippen molar-refractivity contribution in [1.82, 2.24) is 0 Å². The van der Waals surface area contributed by atoms with Crippen LogP contribution in [0.5, 0.6) is 0 Å². The molecule has 0 bridgehead atoms. The summed E-state index contributed by atoms with van der Waals surface area (Å²) in [5.74, 6) is 0. The summed E-state index contributed by atoms with van der Waals surface area (Å²) in [6.07, 6.45) is 0. The SMILES string of the molecule is CCN(CC)c1ccc2c(C)c(-c3ccc(-c4ccc5c(c4)C(C)(C)c4cc(-c6ccc(-c7cc8cc9ccccc9cc8oc7=O)s6)ccc4-5)cc3)c(=O)oc2c1. The fraction of sp³-hybridized carbons (Fsp3) is 0.154. The molecule has 1 aliphatic rings. The van der Waals surface area contributed by atoms with E-state index < -0.39 is 0 Å². The molecule has 3 aromatic heterocycles. The summed E-state index contributed by atoms with van der Waals surface area (Å²) in [5.41, 5.74) is 12.7. The molecule has 9 aromatic rings. The van der Waals surface area contributed by atoms with E-state index in [0.717, 1.165) is 77.9 Å². The molecule has 0 radical (unpaired) electrons. The Morgan fingerprint density at radius 1 is 0.552 bits per heavy atom. The van der Waals surface area contributed by atoms with Gasteiger partial charge in [-0.2, -0.15) is 0 Å². The van der Waals surface area contributed by atoms with Crippen molar-refractivity contribution in [2.45, 2.75) is 40.0 Å². The molecule has 0 atom stereocenters. The Kier molecular flexibility index (Phi) is 8.39. The molecule has 0 unspecified atom stereocenters. The summed E-state index contributed by atoms with van der Waals surface area (Å²) in [6.45, 7) is 12.6. The second-order valence-corrected chi connectivity index (χ2v) is 16.9. The van der Waals surface area contributed by atoms with Crippen molar-refractivity contribution in [2.75, 3.05) is 18.0 Å². The van der Waals surface area contributed by atoms with Gasteiger partial charge in [-0.3, -0.25) is 0 Å². The van der Waals surface area contributed by atoms with Crippen molar-refractivity contribution in [3.8, 4) is 54.3 Å². The molecule has 0 amide bonds. The highest BCUT2D eigenvalue weighted by molar-refractivity contribution is 7.18. The highest BCUT2D eigenvalue weighted by atomic mass is 32.1. The van der Waals surface area contributed by atoms with Gasteiger partial charge in [-0.1, -0.05) is 86.6 Å². The summed E-state index contributed by atoms with van der Waals surface area (Å²) < 4.78 is 11.8. The first-order valence-electron chi connectivity index (χ1n) is 19.9. The smallest absolute Gasteiger partial charge is 0.345 e. The average molecular weight is 776 g/mol. The Hall–Kier alpha value is -6.50. The van der Waals surface area contributed by atoms with Crippen molar-refractivity contribution < 1.29 is 8.83 Å². The van der Waals surface area contributed by atoms with E-state index in [2.05, 4.69) is 111 Å². The Bertz CT molecular complexity index is 3230. The zero-order valence-corrected chi connectivity index (χ0v) is 33.9. The van der Waals surface area contributed by atoms with Gasteiger partial charge in [0.25, 0.3) is 0 Å². The maximum absolute atomic E-state index is 13.4. The number of anilines is 1. The van der Waals surface area contributed by atoms with Crippen molar-refractivity contribution in [1.29, 1.82) is 0 Å². The molecule has 0 saturated heterocycles. The molecule has 1 aliphatic carbocycles. The molecule has 58 heavy (non-hydrogen) atoms. The van der Waals surface area contributed by atoms with Crippen LogP contribution in [0.25, 0.3) is 87.0 Å². The molecule has 6 aromatic carbocycles. The van der Waals surface area contributed by atoms with E-state index in [-0.39, 0.29) is 16.7 Å². The molecular weight excluding hydrogens is 735 g/mol. The summed E-state index contributed by atoms with van der Waals surface area (Å²) >= 11 is 1.61. The van der Waals surface area contributed by atoms with Crippen LogP contribution in [0, 0.1) is 6.92 Å². The van der Waals surface area contributed by atoms with E-state index in [9.17, 15) is 9.59 Å². The number of nitrogens with zero attached hydrogens (tertiary/aromatic N) is 1. The van der Waals surface area contributed by atoms with Crippen LogP contribution >= 0.6 is 11.3 Å². The lowest BCUT2D eigenvalue weighted by Crippen LogP contribution is -2.21. The second-order valence-electron chi connectivity index (χ2n) is 15.8. The molecule has 10 rings (SSSR count). The van der Waals surface area contributed by atoms with Gasteiger partial charge < -0.3 is 13.7 Å². The first kappa shape index (κ1) is 35.9. The molecule has 0 spiro atoms. The van der Waals surface area contributed by atoms with Crippen LogP contribution in [-0.4, -0.2) is 13.1 Å². The fourth-order valence-corrected chi connectivity index (χ4v) is 9.99. The van der Waals surface area contributed by atoms with Crippen LogP contribution in [0.3, 0.4) is 0 Å². The third kappa shape index (κ3) is 5.73. The summed E-state index contributed by atoms with van der Waals surface area (Å²) in [5, 5.41) is 4.02. The van der Waals surface area contributed by atoms with E-state index in [4.69, 9.17) is 8.83 Å². The minimum atomic E-state index is -0.328. The van der Waals surface area contributed by atoms with Crippen LogP contribution < -0.4 is 16.2 Å². The Balaban J connectivity index is 0.934. The van der Waals surface area contributed by atoms with E-state index in [1.165, 1.54) is 22.3 Å². The standard InChI is InChI=1S/C52H41NO4S/c1-6-53(7-2)38-18-21-39-30(3)49(51(55)57-46(39)29-38)32-14-12-31(13-15-32)35-16-19-40-41-20-17-36(27-44(41)52(4,5)43(40)26-35)47-22-23-48(58-47)42-25-37-24-33-10-8-9-11-34(33)28-45(37)56-50(42)54/h8-29H,6-7H2,1-5H3. The fourth-order valence-electron chi connectivity index (χ4n) is 8.98. The van der Waals surface area contributed by atoms with Crippen LogP contribution in [0.15, 0.2) is 152 Å². The van der Waals surface area contributed by atoms with E-state index in [1.807, 2.05) is 61.5 Å². The largest absolute Gasteiger partial charge is 0.422 e. The molecule has 0 fully saturated rings. The van der Waals surface area contributed by atoms with Crippen molar-refractivity contribution >= 4 is 49.7 Å². The molecule has 284 valence electrons. The predicted molar refractivity (Wildman–Crippen MR) is 242 cm³/mol. The van der Waals surface area contributed by atoms with Crippen molar-refractivity contribution in [3.63, 3.8) is 0 Å². The molecule has 0 saturated carbocycles. The Labute approximate surface area is 340 Å². The quantitative estimate of drug-likeness (QED) is 0.119. The molecule has 5 nitrogen and oxygen atoms in total. The van der Waals surface area contributed by atoms with Gasteiger partial charge in [-0.25, -0.2) is 9.59 Å². The molecule has 0 N–H and O–H groups in total. The predicted octanol–water partition coefficient (Wildman–Crippen LogP) is 13.2. The molecule has 6 heteroatoms. The minimum absolute atomic E-state index is 0.231. The van der Waals surface area contributed by atoms with Gasteiger partial charge >= 0.3 is 11.3 Å². The Morgan fingerprint density at radius 3 is 1.90 bits per heavy atom. The van der Waals surface area contributed by atoms with Gasteiger partial charge in [-0.05, 0) is 136 Å². The third-order valence-corrected chi connectivity index (χ3v) is 13.4. The summed E-state index contributed by atoms with van der Waals surface area (Å²) in [7, 11) is 0. The molecule has 3 heterocycles. The lowest BCUT2D eigenvalue weighted by atomic mass is 9.81. The lowest BCUT2D eigenvalue weighted by molar-refractivity contribution is 0.562. The van der Waals surface area contributed by atoms with Crippen LogP contribution in [0.1, 0.15) is 44.4 Å². The van der Waals surface area contributed by atoms with E-state index in [1.54, 1.807) is 11.3 Å². The van der Waals surface area contributed by atoms with Gasteiger partial charge in [0.2, 0.25) is 0 Å². The highest BCUT2D eigenvalue weighted by Crippen LogP contribution is 2.51. The lowest BCUT2D eigenvalue weighted by Gasteiger charge is -2.22. The average Bonchev–Trinajstić information content (AvgIpc) is 3.81. The molecular formula is C52H41NO4S. The minimum Gasteiger partial charge on any atom is -0.422 e. The normalized spacial score (nSPS) is 13.0. The van der Waals surface area contributed by atoms with Crippen LogP contribution in [0.4, 0.5) is 5.69 Å². The topological polar surface area (TPSA) is 63.7 Å². The Morgan fingerprint density at radius 2 is 1.17 bits per heavy atom. The summed E-state index contributed by atoms with van der Waals surface area (Å²) in [6, 6.07) is 46.1. The zero-order valence-electron chi connectivity index (χ0n) is 33.1. The summed E-state index contributed by atoms with van der Waals surface area (Å²) in [4.78, 5) is 30.9. The van der Waals surface area contributed by atoms with Gasteiger partial charge in [0.15, 0.2) is 0 Å². The van der Waals surface area contributed by atoms with Crippen molar-refractivity contribution in [3.05, 3.63) is 171 Å². The van der Waals surface area contributed by atoms with Gasteiger partial charge in [0, 0.05) is 50.8 Å². The van der Waals surface area contributed by atoms with Gasteiger partial charge in [0.1, 0.15) is 11.2 Å². The maximum atomic E-state index is 13.4. The van der Waals surface area contributed by atoms with Crippen LogP contribution in [-0.2, 0) is 5.41 Å². The van der Waals surface area contributed by atoms with Crippen LogP contribution in [0.2, 0.25) is 0 Å². The first-order valence-corrected chi connectivity index (χ1v) is 20.7. The maximum Gasteiger partial charge on any atom is 0.345 e. The third-order valence-electron chi connectivity index (χ3n) is 12.2.